The zero-order valence-corrected chi connectivity index (χ0v) is 19.1. The number of nitrogens with one attached hydrogen (secondary N) is 2. The molecule has 1 aromatic rings. The van der Waals surface area contributed by atoms with Crippen LogP contribution in [-0.4, -0.2) is 37.7 Å². The largest absolute Gasteiger partial charge is 0.385 e. The lowest BCUT2D eigenvalue weighted by atomic mass is 10.1. The first-order valence-electron chi connectivity index (χ1n) is 11.1. The third-order valence-corrected chi connectivity index (χ3v) is 5.53. The normalized spacial score (nSPS) is 11.7. The number of carbonyl (C=O) groups excluding carboxylic acids is 1. The Labute approximate surface area is 182 Å². The standard InChI is InChI=1S/C23H38N2O4S/c1-2-3-4-5-6-7-8-9-10-11-12-13-18-24-22-16-14-21(15-17-22)23(26)25-19-20-30(27,28)29/h10-11,14-17,24H,2-9,12-13,18-20H2,1H3,(H,25,26)(H,27,28,29). The molecule has 1 aromatic carbocycles. The molecule has 0 atom stereocenters. The molecule has 0 bridgehead atoms. The fourth-order valence-corrected chi connectivity index (χ4v) is 3.40. The molecule has 7 heteroatoms. The van der Waals surface area contributed by atoms with Crippen LogP contribution in [0.25, 0.3) is 0 Å². The van der Waals surface area contributed by atoms with Gasteiger partial charge in [-0.2, -0.15) is 8.42 Å². The SMILES string of the molecule is CCCCCCCCCC=CCCCNc1ccc(C(=O)NCCS(=O)(=O)O)cc1. The van der Waals surface area contributed by atoms with Crippen molar-refractivity contribution in [2.45, 2.75) is 71.1 Å². The number of unbranched alkanes of at least 4 members (excludes halogenated alkanes) is 8. The van der Waals surface area contributed by atoms with Gasteiger partial charge >= 0.3 is 0 Å². The van der Waals surface area contributed by atoms with E-state index in [1.807, 2.05) is 12.1 Å². The van der Waals surface area contributed by atoms with E-state index in [0.29, 0.717) is 5.56 Å². The Kier molecular flexibility index (Phi) is 13.9. The zero-order chi connectivity index (χ0) is 22.1. The first-order chi connectivity index (χ1) is 14.4. The maximum Gasteiger partial charge on any atom is 0.266 e. The van der Waals surface area contributed by atoms with E-state index in [1.165, 1.54) is 51.4 Å². The smallest absolute Gasteiger partial charge is 0.266 e. The predicted molar refractivity (Wildman–Crippen MR) is 125 cm³/mol. The highest BCUT2D eigenvalue weighted by atomic mass is 32.2. The van der Waals surface area contributed by atoms with Crippen molar-refractivity contribution in [1.29, 1.82) is 0 Å². The van der Waals surface area contributed by atoms with Gasteiger partial charge < -0.3 is 10.6 Å². The van der Waals surface area contributed by atoms with Gasteiger partial charge in [0.05, 0.1) is 5.75 Å². The fourth-order valence-electron chi connectivity index (χ4n) is 3.04. The van der Waals surface area contributed by atoms with Crippen molar-refractivity contribution >= 4 is 21.7 Å². The second-order valence-electron chi connectivity index (χ2n) is 7.57. The third-order valence-electron chi connectivity index (χ3n) is 4.81. The fraction of sp³-hybridized carbons (Fsp3) is 0.609. The predicted octanol–water partition coefficient (Wildman–Crippen LogP) is 5.19. The lowest BCUT2D eigenvalue weighted by molar-refractivity contribution is 0.0956. The van der Waals surface area contributed by atoms with E-state index in [1.54, 1.807) is 12.1 Å². The Bertz CT molecular complexity index is 715. The van der Waals surface area contributed by atoms with Crippen molar-refractivity contribution in [3.05, 3.63) is 42.0 Å². The van der Waals surface area contributed by atoms with Gasteiger partial charge in [0.2, 0.25) is 0 Å². The molecule has 1 rings (SSSR count). The van der Waals surface area contributed by atoms with Gasteiger partial charge in [-0.1, -0.05) is 57.6 Å². The molecule has 0 aliphatic heterocycles. The summed E-state index contributed by atoms with van der Waals surface area (Å²) in [5.41, 5.74) is 1.39. The van der Waals surface area contributed by atoms with Crippen molar-refractivity contribution in [1.82, 2.24) is 5.32 Å². The average Bonchev–Trinajstić information content (AvgIpc) is 2.71. The van der Waals surface area contributed by atoms with E-state index in [-0.39, 0.29) is 12.5 Å². The van der Waals surface area contributed by atoms with Gasteiger partial charge in [0, 0.05) is 24.3 Å². The topological polar surface area (TPSA) is 95.5 Å². The van der Waals surface area contributed by atoms with Crippen LogP contribution in [0.5, 0.6) is 0 Å². The van der Waals surface area contributed by atoms with E-state index in [4.69, 9.17) is 4.55 Å². The van der Waals surface area contributed by atoms with Crippen molar-refractivity contribution in [2.75, 3.05) is 24.2 Å². The molecule has 3 N–H and O–H groups in total. The van der Waals surface area contributed by atoms with Crippen molar-refractivity contribution in [3.8, 4) is 0 Å². The van der Waals surface area contributed by atoms with Crippen LogP contribution in [0.4, 0.5) is 5.69 Å². The summed E-state index contributed by atoms with van der Waals surface area (Å²) < 4.78 is 30.0. The number of allylic oxidation sites excluding steroid dienone is 2. The first-order valence-corrected chi connectivity index (χ1v) is 12.8. The maximum atomic E-state index is 11.9. The quantitative estimate of drug-likeness (QED) is 0.177. The highest BCUT2D eigenvalue weighted by Gasteiger charge is 2.08. The molecule has 1 amide bonds. The molecular weight excluding hydrogens is 400 g/mol. The average molecular weight is 439 g/mol. The van der Waals surface area contributed by atoms with Crippen LogP contribution in [0.1, 0.15) is 81.5 Å². The highest BCUT2D eigenvalue weighted by Crippen LogP contribution is 2.11. The van der Waals surface area contributed by atoms with Crippen LogP contribution in [0.3, 0.4) is 0 Å². The number of benzene rings is 1. The lowest BCUT2D eigenvalue weighted by Gasteiger charge is -2.07. The number of anilines is 1. The van der Waals surface area contributed by atoms with Crippen molar-refractivity contribution < 1.29 is 17.8 Å². The Hall–Kier alpha value is -1.86. The molecule has 0 fully saturated rings. The molecule has 6 nitrogen and oxygen atoms in total. The van der Waals surface area contributed by atoms with Crippen molar-refractivity contribution in [2.24, 2.45) is 0 Å². The summed E-state index contributed by atoms with van der Waals surface area (Å²) in [7, 11) is -4.07. The molecule has 0 unspecified atom stereocenters. The summed E-state index contributed by atoms with van der Waals surface area (Å²) in [5.74, 6) is -0.859. The van der Waals surface area contributed by atoms with Gasteiger partial charge in [0.25, 0.3) is 16.0 Å². The molecule has 0 heterocycles. The van der Waals surface area contributed by atoms with E-state index < -0.39 is 15.9 Å². The molecule has 0 aromatic heterocycles. The number of rotatable bonds is 17. The maximum absolute atomic E-state index is 11.9. The molecule has 0 aliphatic rings. The molecule has 30 heavy (non-hydrogen) atoms. The van der Waals surface area contributed by atoms with Crippen LogP contribution in [-0.2, 0) is 10.1 Å². The minimum absolute atomic E-state index is 0.121. The van der Waals surface area contributed by atoms with Crippen LogP contribution >= 0.6 is 0 Å². The first kappa shape index (κ1) is 26.2. The van der Waals surface area contributed by atoms with Crippen LogP contribution in [0.2, 0.25) is 0 Å². The van der Waals surface area contributed by atoms with Crippen LogP contribution < -0.4 is 10.6 Å². The second kappa shape index (κ2) is 15.9. The Morgan fingerprint density at radius 2 is 1.50 bits per heavy atom. The van der Waals surface area contributed by atoms with Crippen LogP contribution in [0.15, 0.2) is 36.4 Å². The van der Waals surface area contributed by atoms with Gasteiger partial charge in [-0.3, -0.25) is 9.35 Å². The Balaban J connectivity index is 2.09. The van der Waals surface area contributed by atoms with E-state index in [0.717, 1.165) is 25.1 Å². The summed E-state index contributed by atoms with van der Waals surface area (Å²) in [6, 6.07) is 7.03. The van der Waals surface area contributed by atoms with Gasteiger partial charge in [0.15, 0.2) is 0 Å². The molecular formula is C23H38N2O4S. The molecule has 0 saturated heterocycles. The monoisotopic (exact) mass is 438 g/mol. The van der Waals surface area contributed by atoms with Gasteiger partial charge in [-0.05, 0) is 49.9 Å². The summed E-state index contributed by atoms with van der Waals surface area (Å²) >= 11 is 0. The Morgan fingerprint density at radius 3 is 2.13 bits per heavy atom. The minimum atomic E-state index is -4.07. The number of hydrogen-bond acceptors (Lipinski definition) is 4. The number of hydrogen-bond donors (Lipinski definition) is 3. The molecule has 0 saturated carbocycles. The minimum Gasteiger partial charge on any atom is -0.385 e. The van der Waals surface area contributed by atoms with E-state index in [9.17, 15) is 13.2 Å². The molecule has 0 spiro atoms. The Morgan fingerprint density at radius 1 is 0.900 bits per heavy atom. The van der Waals surface area contributed by atoms with Crippen LogP contribution in [0, 0.1) is 0 Å². The molecule has 170 valence electrons. The zero-order valence-electron chi connectivity index (χ0n) is 18.2. The summed E-state index contributed by atoms with van der Waals surface area (Å²) in [6.07, 6.45) is 17.3. The number of carbonyl (C=O) groups is 1. The van der Waals surface area contributed by atoms with Gasteiger partial charge in [0.1, 0.15) is 0 Å². The van der Waals surface area contributed by atoms with Gasteiger partial charge in [-0.15, -0.1) is 0 Å². The summed E-state index contributed by atoms with van der Waals surface area (Å²) in [4.78, 5) is 11.9. The van der Waals surface area contributed by atoms with E-state index >= 15 is 0 Å². The summed E-state index contributed by atoms with van der Waals surface area (Å²) in [5, 5.41) is 5.80. The second-order valence-corrected chi connectivity index (χ2v) is 9.14. The summed E-state index contributed by atoms with van der Waals surface area (Å²) in [6.45, 7) is 2.99. The van der Waals surface area contributed by atoms with Gasteiger partial charge in [-0.25, -0.2) is 0 Å². The highest BCUT2D eigenvalue weighted by molar-refractivity contribution is 7.85. The molecule has 0 aliphatic carbocycles. The molecule has 0 radical (unpaired) electrons. The van der Waals surface area contributed by atoms with Crippen molar-refractivity contribution in [3.63, 3.8) is 0 Å². The number of amides is 1. The third kappa shape index (κ3) is 14.2. The lowest BCUT2D eigenvalue weighted by Crippen LogP contribution is -2.28. The van der Waals surface area contributed by atoms with E-state index in [2.05, 4.69) is 29.7 Å².